The molecule has 5 heteroatoms. The second kappa shape index (κ2) is 10.1. The summed E-state index contributed by atoms with van der Waals surface area (Å²) >= 11 is 1.63. The van der Waals surface area contributed by atoms with Gasteiger partial charge in [-0.3, -0.25) is 9.59 Å². The number of benzene rings is 1. The van der Waals surface area contributed by atoms with E-state index in [1.807, 2.05) is 31.2 Å². The SMILES string of the molecule is C=Cc1ccc(COC(=O)CCSCC(C)NC(C)=O)cc1. The Hall–Kier alpha value is -1.75. The number of thioether (sulfide) groups is 1. The van der Waals surface area contributed by atoms with E-state index in [9.17, 15) is 9.59 Å². The van der Waals surface area contributed by atoms with Crippen molar-refractivity contribution >= 4 is 29.7 Å². The number of amides is 1. The molecule has 22 heavy (non-hydrogen) atoms. The molecule has 0 spiro atoms. The van der Waals surface area contributed by atoms with Crippen molar-refractivity contribution in [3.05, 3.63) is 42.0 Å². The van der Waals surface area contributed by atoms with Gasteiger partial charge in [-0.1, -0.05) is 36.9 Å². The van der Waals surface area contributed by atoms with E-state index >= 15 is 0 Å². The van der Waals surface area contributed by atoms with Gasteiger partial charge in [0.15, 0.2) is 0 Å². The standard InChI is InChI=1S/C17H23NO3S/c1-4-15-5-7-16(8-6-15)11-21-17(20)9-10-22-12-13(2)18-14(3)19/h4-8,13H,1,9-12H2,2-3H3,(H,18,19). The van der Waals surface area contributed by atoms with E-state index in [1.165, 1.54) is 6.92 Å². The van der Waals surface area contributed by atoms with Gasteiger partial charge in [0, 0.05) is 24.5 Å². The summed E-state index contributed by atoms with van der Waals surface area (Å²) in [6, 6.07) is 7.84. The normalized spacial score (nSPS) is 11.5. The zero-order valence-corrected chi connectivity index (χ0v) is 13.9. The van der Waals surface area contributed by atoms with Gasteiger partial charge in [0.1, 0.15) is 6.61 Å². The number of rotatable bonds is 9. The van der Waals surface area contributed by atoms with Crippen molar-refractivity contribution in [1.29, 1.82) is 0 Å². The third-order valence-corrected chi connectivity index (χ3v) is 4.11. The number of esters is 1. The van der Waals surface area contributed by atoms with Crippen LogP contribution in [0.25, 0.3) is 6.08 Å². The number of hydrogen-bond donors (Lipinski definition) is 1. The molecule has 0 aliphatic rings. The fourth-order valence-electron chi connectivity index (χ4n) is 1.79. The van der Waals surface area contributed by atoms with Crippen molar-refractivity contribution in [2.45, 2.75) is 32.9 Å². The van der Waals surface area contributed by atoms with Gasteiger partial charge >= 0.3 is 5.97 Å². The first-order valence-electron chi connectivity index (χ1n) is 7.23. The van der Waals surface area contributed by atoms with Crippen molar-refractivity contribution in [2.75, 3.05) is 11.5 Å². The Bertz CT molecular complexity index is 499. The molecule has 0 bridgehead atoms. The summed E-state index contributed by atoms with van der Waals surface area (Å²) in [4.78, 5) is 22.5. The third kappa shape index (κ3) is 7.88. The Kier molecular flexibility index (Phi) is 8.36. The predicted molar refractivity (Wildman–Crippen MR) is 91.5 cm³/mol. The van der Waals surface area contributed by atoms with E-state index in [1.54, 1.807) is 17.8 Å². The first-order valence-corrected chi connectivity index (χ1v) is 8.38. The maximum Gasteiger partial charge on any atom is 0.306 e. The van der Waals surface area contributed by atoms with Crippen LogP contribution in [0.15, 0.2) is 30.8 Å². The van der Waals surface area contributed by atoms with Crippen LogP contribution in [0.3, 0.4) is 0 Å². The van der Waals surface area contributed by atoms with Crippen LogP contribution < -0.4 is 5.32 Å². The molecule has 0 saturated carbocycles. The summed E-state index contributed by atoms with van der Waals surface area (Å²) in [7, 11) is 0. The second-order valence-electron chi connectivity index (χ2n) is 5.03. The average molecular weight is 321 g/mol. The molecule has 0 heterocycles. The summed E-state index contributed by atoms with van der Waals surface area (Å²) in [5.41, 5.74) is 2.01. The Morgan fingerprint density at radius 1 is 1.36 bits per heavy atom. The first-order chi connectivity index (χ1) is 10.5. The van der Waals surface area contributed by atoms with E-state index in [0.29, 0.717) is 18.8 Å². The van der Waals surface area contributed by atoms with Crippen LogP contribution >= 0.6 is 11.8 Å². The largest absolute Gasteiger partial charge is 0.461 e. The van der Waals surface area contributed by atoms with Crippen LogP contribution in [0.2, 0.25) is 0 Å². The van der Waals surface area contributed by atoms with Crippen LogP contribution in [-0.2, 0) is 20.9 Å². The van der Waals surface area contributed by atoms with E-state index in [4.69, 9.17) is 4.74 Å². The lowest BCUT2D eigenvalue weighted by atomic mass is 10.1. The molecule has 0 aromatic heterocycles. The lowest BCUT2D eigenvalue weighted by molar-refractivity contribution is -0.144. The molecular weight excluding hydrogens is 298 g/mol. The van der Waals surface area contributed by atoms with Gasteiger partial charge in [-0.15, -0.1) is 0 Å². The Balaban J connectivity index is 2.15. The summed E-state index contributed by atoms with van der Waals surface area (Å²) in [6.45, 7) is 7.43. The third-order valence-electron chi connectivity index (χ3n) is 2.88. The molecule has 1 rings (SSSR count). The van der Waals surface area contributed by atoms with Gasteiger partial charge in [-0.25, -0.2) is 0 Å². The molecule has 1 amide bonds. The number of nitrogens with one attached hydrogen (secondary N) is 1. The van der Waals surface area contributed by atoms with Crippen LogP contribution in [0.5, 0.6) is 0 Å². The summed E-state index contributed by atoms with van der Waals surface area (Å²) in [5.74, 6) is 1.25. The maximum atomic E-state index is 11.6. The summed E-state index contributed by atoms with van der Waals surface area (Å²) in [6.07, 6.45) is 2.15. The summed E-state index contributed by atoms with van der Waals surface area (Å²) < 4.78 is 5.23. The zero-order valence-electron chi connectivity index (χ0n) is 13.1. The Morgan fingerprint density at radius 3 is 2.64 bits per heavy atom. The predicted octanol–water partition coefficient (Wildman–Crippen LogP) is 3.02. The highest BCUT2D eigenvalue weighted by Crippen LogP contribution is 2.09. The van der Waals surface area contributed by atoms with E-state index in [-0.39, 0.29) is 17.9 Å². The monoisotopic (exact) mass is 321 g/mol. The Labute approximate surface area is 136 Å². The topological polar surface area (TPSA) is 55.4 Å². The van der Waals surface area contributed by atoms with Gasteiger partial charge < -0.3 is 10.1 Å². The minimum atomic E-state index is -0.201. The highest BCUT2D eigenvalue weighted by Gasteiger charge is 2.06. The highest BCUT2D eigenvalue weighted by molar-refractivity contribution is 7.99. The zero-order chi connectivity index (χ0) is 16.4. The van der Waals surface area contributed by atoms with Gasteiger partial charge in [0.05, 0.1) is 6.42 Å². The molecule has 1 unspecified atom stereocenters. The van der Waals surface area contributed by atoms with Crippen molar-refractivity contribution in [3.63, 3.8) is 0 Å². The second-order valence-corrected chi connectivity index (χ2v) is 6.18. The number of hydrogen-bond acceptors (Lipinski definition) is 4. The molecule has 0 fully saturated rings. The molecule has 0 saturated heterocycles. The van der Waals surface area contributed by atoms with Gasteiger partial charge in [0.2, 0.25) is 5.91 Å². The maximum absolute atomic E-state index is 11.6. The van der Waals surface area contributed by atoms with Gasteiger partial charge in [0.25, 0.3) is 0 Å². The van der Waals surface area contributed by atoms with Gasteiger partial charge in [-0.05, 0) is 18.1 Å². The van der Waals surface area contributed by atoms with E-state index < -0.39 is 0 Å². The van der Waals surface area contributed by atoms with Crippen molar-refractivity contribution in [2.24, 2.45) is 0 Å². The number of carbonyl (C=O) groups is 2. The fourth-order valence-corrected chi connectivity index (χ4v) is 2.70. The minimum Gasteiger partial charge on any atom is -0.461 e. The molecule has 1 atom stereocenters. The smallest absolute Gasteiger partial charge is 0.306 e. The van der Waals surface area contributed by atoms with E-state index in [0.717, 1.165) is 16.9 Å². The molecule has 1 N–H and O–H groups in total. The van der Waals surface area contributed by atoms with Crippen LogP contribution in [0, 0.1) is 0 Å². The molecule has 120 valence electrons. The van der Waals surface area contributed by atoms with Crippen LogP contribution in [0.1, 0.15) is 31.4 Å². The molecule has 0 radical (unpaired) electrons. The molecule has 4 nitrogen and oxygen atoms in total. The molecule has 1 aromatic carbocycles. The average Bonchev–Trinajstić information content (AvgIpc) is 2.49. The lowest BCUT2D eigenvalue weighted by Gasteiger charge is -2.11. The first kappa shape index (κ1) is 18.3. The molecule has 1 aromatic rings. The van der Waals surface area contributed by atoms with Crippen LogP contribution in [0.4, 0.5) is 0 Å². The Morgan fingerprint density at radius 2 is 2.05 bits per heavy atom. The highest BCUT2D eigenvalue weighted by atomic mass is 32.2. The number of ether oxygens (including phenoxy) is 1. The fraction of sp³-hybridized carbons (Fsp3) is 0.412. The van der Waals surface area contributed by atoms with Crippen molar-refractivity contribution in [3.8, 4) is 0 Å². The molecule has 0 aliphatic carbocycles. The lowest BCUT2D eigenvalue weighted by Crippen LogP contribution is -2.32. The molecular formula is C17H23NO3S. The minimum absolute atomic E-state index is 0.0324. The van der Waals surface area contributed by atoms with Crippen molar-refractivity contribution < 1.29 is 14.3 Å². The summed E-state index contributed by atoms with van der Waals surface area (Å²) in [5, 5.41) is 2.80. The molecule has 0 aliphatic heterocycles. The van der Waals surface area contributed by atoms with Crippen LogP contribution in [-0.4, -0.2) is 29.4 Å². The quantitative estimate of drug-likeness (QED) is 0.561. The number of carbonyl (C=O) groups excluding carboxylic acids is 2. The van der Waals surface area contributed by atoms with Crippen molar-refractivity contribution in [1.82, 2.24) is 5.32 Å². The van der Waals surface area contributed by atoms with E-state index in [2.05, 4.69) is 11.9 Å². The van der Waals surface area contributed by atoms with Gasteiger partial charge in [-0.2, -0.15) is 11.8 Å².